The number of aromatic nitrogens is 1. The topological polar surface area (TPSA) is 95.6 Å². The zero-order valence-electron chi connectivity index (χ0n) is 19.4. The minimum Gasteiger partial charge on any atom is -0.491 e. The summed E-state index contributed by atoms with van der Waals surface area (Å²) in [4.78, 5) is 26.8. The van der Waals surface area contributed by atoms with Crippen molar-refractivity contribution in [1.82, 2.24) is 9.47 Å². The third-order valence-electron chi connectivity index (χ3n) is 5.10. The van der Waals surface area contributed by atoms with Crippen molar-refractivity contribution in [3.05, 3.63) is 39.8 Å². The van der Waals surface area contributed by atoms with Crippen LogP contribution >= 0.6 is 0 Å². The van der Waals surface area contributed by atoms with Gasteiger partial charge in [-0.05, 0) is 51.3 Å². The highest BCUT2D eigenvalue weighted by Crippen LogP contribution is 2.32. The van der Waals surface area contributed by atoms with Gasteiger partial charge >= 0.3 is 6.09 Å². The molecule has 168 valence electrons. The van der Waals surface area contributed by atoms with E-state index in [1.807, 2.05) is 34.6 Å². The molecule has 7 heteroatoms. The quantitative estimate of drug-likeness (QED) is 0.599. The number of carboxylic acid groups (broad SMARTS) is 1. The third kappa shape index (κ3) is 5.57. The van der Waals surface area contributed by atoms with Crippen LogP contribution in [0, 0.1) is 17.2 Å². The maximum atomic E-state index is 13.4. The molecule has 2 aromatic rings. The van der Waals surface area contributed by atoms with E-state index in [1.165, 1.54) is 4.90 Å². The average molecular weight is 428 g/mol. The van der Waals surface area contributed by atoms with Gasteiger partial charge in [-0.25, -0.2) is 4.79 Å². The van der Waals surface area contributed by atoms with E-state index in [4.69, 9.17) is 4.74 Å². The highest BCUT2D eigenvalue weighted by molar-refractivity contribution is 5.89. The fourth-order valence-corrected chi connectivity index (χ4v) is 3.47. The molecule has 0 fully saturated rings. The highest BCUT2D eigenvalue weighted by atomic mass is 16.5. The Hall–Kier alpha value is -3.01. The van der Waals surface area contributed by atoms with Gasteiger partial charge in [-0.2, -0.15) is 5.26 Å². The summed E-state index contributed by atoms with van der Waals surface area (Å²) in [6.07, 6.45) is 0.691. The molecule has 0 aliphatic carbocycles. The normalized spacial score (nSPS) is 11.5. The molecule has 0 unspecified atom stereocenters. The molecule has 0 radical (unpaired) electrons. The van der Waals surface area contributed by atoms with Crippen LogP contribution < -0.4 is 10.3 Å². The number of pyridine rings is 1. The zero-order chi connectivity index (χ0) is 23.3. The molecule has 0 aliphatic rings. The second-order valence-electron chi connectivity index (χ2n) is 9.20. The number of hydrogen-bond acceptors (Lipinski definition) is 4. The van der Waals surface area contributed by atoms with Gasteiger partial charge in [-0.3, -0.25) is 9.69 Å². The largest absolute Gasteiger partial charge is 0.491 e. The van der Waals surface area contributed by atoms with Crippen LogP contribution in [0.25, 0.3) is 10.8 Å². The first-order valence-electron chi connectivity index (χ1n) is 10.7. The Morgan fingerprint density at radius 3 is 2.48 bits per heavy atom. The van der Waals surface area contributed by atoms with Crippen LogP contribution in [-0.2, 0) is 13.1 Å². The maximum absolute atomic E-state index is 13.4. The molecule has 1 amide bonds. The van der Waals surface area contributed by atoms with Gasteiger partial charge in [0.1, 0.15) is 5.75 Å². The first kappa shape index (κ1) is 24.3. The molecule has 0 saturated carbocycles. The zero-order valence-corrected chi connectivity index (χ0v) is 19.4. The predicted octanol–water partition coefficient (Wildman–Crippen LogP) is 4.99. The van der Waals surface area contributed by atoms with Crippen molar-refractivity contribution in [2.24, 2.45) is 5.92 Å². The van der Waals surface area contributed by atoms with E-state index in [0.717, 1.165) is 12.8 Å². The molecule has 2 rings (SSSR count). The fourth-order valence-electron chi connectivity index (χ4n) is 3.47. The van der Waals surface area contributed by atoms with Crippen molar-refractivity contribution in [2.45, 2.75) is 73.0 Å². The number of nitriles is 1. The average Bonchev–Trinajstić information content (AvgIpc) is 2.68. The van der Waals surface area contributed by atoms with E-state index in [1.54, 1.807) is 22.8 Å². The van der Waals surface area contributed by atoms with Gasteiger partial charge in [0.2, 0.25) is 0 Å². The lowest BCUT2D eigenvalue weighted by atomic mass is 10.0. The molecule has 31 heavy (non-hydrogen) atoms. The highest BCUT2D eigenvalue weighted by Gasteiger charge is 2.30. The number of nitrogens with zero attached hydrogens (tertiary/aromatic N) is 3. The van der Waals surface area contributed by atoms with Crippen molar-refractivity contribution < 1.29 is 14.6 Å². The van der Waals surface area contributed by atoms with Gasteiger partial charge in [-0.15, -0.1) is 0 Å². The van der Waals surface area contributed by atoms with Gasteiger partial charge in [-0.1, -0.05) is 27.2 Å². The van der Waals surface area contributed by atoms with Crippen molar-refractivity contribution in [3.63, 3.8) is 0 Å². The Bertz CT molecular complexity index is 1040. The monoisotopic (exact) mass is 427 g/mol. The van der Waals surface area contributed by atoms with Crippen LogP contribution in [-0.4, -0.2) is 32.8 Å². The molecule has 1 N–H and O–H groups in total. The number of ether oxygens (including phenoxy) is 1. The molecule has 0 atom stereocenters. The molecule has 1 aromatic carbocycles. The summed E-state index contributed by atoms with van der Waals surface area (Å²) < 4.78 is 7.81. The molecular weight excluding hydrogens is 394 g/mol. The van der Waals surface area contributed by atoms with Gasteiger partial charge in [0.25, 0.3) is 5.56 Å². The van der Waals surface area contributed by atoms with Crippen molar-refractivity contribution in [1.29, 1.82) is 5.26 Å². The summed E-state index contributed by atoms with van der Waals surface area (Å²) in [6.45, 7) is 12.4. The lowest BCUT2D eigenvalue weighted by Crippen LogP contribution is -2.45. The smallest absolute Gasteiger partial charge is 0.408 e. The van der Waals surface area contributed by atoms with E-state index in [0.29, 0.717) is 40.9 Å². The van der Waals surface area contributed by atoms with Crippen molar-refractivity contribution in [3.8, 4) is 11.8 Å². The van der Waals surface area contributed by atoms with Crippen LogP contribution in [0.4, 0.5) is 4.79 Å². The number of rotatable bonds is 8. The van der Waals surface area contributed by atoms with Gasteiger partial charge in [0.15, 0.2) is 0 Å². The fraction of sp³-hybridized carbons (Fsp3) is 0.542. The first-order chi connectivity index (χ1) is 14.5. The summed E-state index contributed by atoms with van der Waals surface area (Å²) >= 11 is 0. The molecule has 0 bridgehead atoms. The van der Waals surface area contributed by atoms with Crippen LogP contribution in [0.2, 0.25) is 0 Å². The number of carbonyl (C=O) groups is 1. The minimum absolute atomic E-state index is 0.00890. The Balaban J connectivity index is 2.88. The molecule has 0 spiro atoms. The summed E-state index contributed by atoms with van der Waals surface area (Å²) in [6, 6.07) is 7.05. The molecule has 0 saturated heterocycles. The first-order valence-corrected chi connectivity index (χ1v) is 10.7. The second kappa shape index (κ2) is 9.86. The third-order valence-corrected chi connectivity index (χ3v) is 5.10. The van der Waals surface area contributed by atoms with Gasteiger partial charge in [0, 0.05) is 17.5 Å². The summed E-state index contributed by atoms with van der Waals surface area (Å²) in [7, 11) is 0. The Kier molecular flexibility index (Phi) is 7.72. The summed E-state index contributed by atoms with van der Waals surface area (Å²) in [5.41, 5.74) is 0.0695. The van der Waals surface area contributed by atoms with E-state index >= 15 is 0 Å². The number of unbranched alkanes of at least 4 members (excludes halogenated alkanes) is 1. The SMILES string of the molecule is CCCCOc1c(CN(C(=O)O)C(C)(C)C)n(CC(C)C)c(=O)c2ccc(C#N)cc12. The van der Waals surface area contributed by atoms with Crippen LogP contribution in [0.1, 0.15) is 65.6 Å². The van der Waals surface area contributed by atoms with Gasteiger partial charge < -0.3 is 14.4 Å². The van der Waals surface area contributed by atoms with Crippen LogP contribution in [0.5, 0.6) is 5.75 Å². The standard InChI is InChI=1S/C24H33N3O4/c1-7-8-11-31-21-19-12-17(13-25)9-10-18(19)22(28)26(14-16(2)3)20(21)15-27(23(29)30)24(4,5)6/h9-10,12,16H,7-8,11,14-15H2,1-6H3,(H,29,30). The Morgan fingerprint density at radius 1 is 1.29 bits per heavy atom. The van der Waals surface area contributed by atoms with Crippen LogP contribution in [0.15, 0.2) is 23.0 Å². The second-order valence-corrected chi connectivity index (χ2v) is 9.20. The van der Waals surface area contributed by atoms with Crippen LogP contribution in [0.3, 0.4) is 0 Å². The number of fused-ring (bicyclic) bond motifs is 1. The van der Waals surface area contributed by atoms with E-state index in [9.17, 15) is 20.0 Å². The summed E-state index contributed by atoms with van der Waals surface area (Å²) in [5, 5.41) is 20.3. The molecule has 1 heterocycles. The van der Waals surface area contributed by atoms with Gasteiger partial charge in [0.05, 0.1) is 35.9 Å². The molecule has 0 aliphatic heterocycles. The lowest BCUT2D eigenvalue weighted by molar-refractivity contribution is 0.0927. The Labute approximate surface area is 183 Å². The minimum atomic E-state index is -1.07. The molecular formula is C24H33N3O4. The predicted molar refractivity (Wildman–Crippen MR) is 121 cm³/mol. The van der Waals surface area contributed by atoms with Crippen molar-refractivity contribution >= 4 is 16.9 Å². The number of hydrogen-bond donors (Lipinski definition) is 1. The summed E-state index contributed by atoms with van der Waals surface area (Å²) in [5.74, 6) is 0.653. The van der Waals surface area contributed by atoms with E-state index < -0.39 is 11.6 Å². The lowest BCUT2D eigenvalue weighted by Gasteiger charge is -2.34. The van der Waals surface area contributed by atoms with Crippen molar-refractivity contribution in [2.75, 3.05) is 6.61 Å². The number of benzene rings is 1. The van der Waals surface area contributed by atoms with E-state index in [-0.39, 0.29) is 18.0 Å². The maximum Gasteiger partial charge on any atom is 0.408 e. The number of amides is 1. The Morgan fingerprint density at radius 2 is 1.97 bits per heavy atom. The molecule has 1 aromatic heterocycles. The van der Waals surface area contributed by atoms with E-state index in [2.05, 4.69) is 13.0 Å². The molecule has 7 nitrogen and oxygen atoms in total.